The lowest BCUT2D eigenvalue weighted by molar-refractivity contribution is 1.25. The fourth-order valence-corrected chi connectivity index (χ4v) is 3.13. The average molecular weight is 399 g/mol. The Hall–Kier alpha value is -2.18. The number of nitrogens with zero attached hydrogens (tertiary/aromatic N) is 3. The first-order chi connectivity index (χ1) is 11.7. The fraction of sp³-hybridized carbons (Fsp3) is 0.0556. The number of nitrogens with two attached hydrogens (primary N) is 1. The van der Waals surface area contributed by atoms with E-state index in [1.807, 2.05) is 42.5 Å². The Balaban J connectivity index is 1.69. The van der Waals surface area contributed by atoms with Gasteiger partial charge in [0.15, 0.2) is 5.17 Å². The SMILES string of the molecule is NC(=NN=Cc1cccc2cc(Br)cnc12)SCc1ccccc1. The topological polar surface area (TPSA) is 63.6 Å². The molecular weight excluding hydrogens is 384 g/mol. The maximum absolute atomic E-state index is 5.90. The summed E-state index contributed by atoms with van der Waals surface area (Å²) in [6.07, 6.45) is 3.45. The van der Waals surface area contributed by atoms with Crippen molar-refractivity contribution in [2.45, 2.75) is 5.75 Å². The minimum Gasteiger partial charge on any atom is -0.377 e. The summed E-state index contributed by atoms with van der Waals surface area (Å²) >= 11 is 4.89. The molecule has 2 aromatic carbocycles. The molecule has 0 amide bonds. The molecule has 0 unspecified atom stereocenters. The summed E-state index contributed by atoms with van der Waals surface area (Å²) in [5.41, 5.74) is 8.89. The lowest BCUT2D eigenvalue weighted by atomic mass is 10.1. The largest absolute Gasteiger partial charge is 0.377 e. The smallest absolute Gasteiger partial charge is 0.180 e. The number of rotatable bonds is 4. The Morgan fingerprint density at radius 3 is 2.83 bits per heavy atom. The summed E-state index contributed by atoms with van der Waals surface area (Å²) in [6, 6.07) is 18.1. The molecule has 0 aliphatic carbocycles. The van der Waals surface area contributed by atoms with Gasteiger partial charge in [-0.2, -0.15) is 5.10 Å². The maximum Gasteiger partial charge on any atom is 0.180 e. The molecule has 120 valence electrons. The Morgan fingerprint density at radius 1 is 1.17 bits per heavy atom. The second kappa shape index (κ2) is 8.08. The number of benzene rings is 2. The number of amidine groups is 1. The molecule has 2 N–H and O–H groups in total. The van der Waals surface area contributed by atoms with Gasteiger partial charge in [0, 0.05) is 27.4 Å². The van der Waals surface area contributed by atoms with E-state index < -0.39 is 0 Å². The predicted octanol–water partition coefficient (Wildman–Crippen LogP) is 4.58. The van der Waals surface area contributed by atoms with E-state index in [0.717, 1.165) is 26.7 Å². The molecule has 0 aliphatic heterocycles. The number of hydrogen-bond donors (Lipinski definition) is 1. The molecule has 0 radical (unpaired) electrons. The number of aromatic nitrogens is 1. The van der Waals surface area contributed by atoms with Crippen LogP contribution in [0.1, 0.15) is 11.1 Å². The molecule has 0 fully saturated rings. The number of fused-ring (bicyclic) bond motifs is 1. The highest BCUT2D eigenvalue weighted by molar-refractivity contribution is 9.10. The Bertz CT molecular complexity index is 894. The normalized spacial score (nSPS) is 12.1. The highest BCUT2D eigenvalue weighted by Gasteiger charge is 2.01. The Morgan fingerprint density at radius 2 is 2.00 bits per heavy atom. The van der Waals surface area contributed by atoms with Gasteiger partial charge in [-0.3, -0.25) is 4.98 Å². The highest BCUT2D eigenvalue weighted by atomic mass is 79.9. The summed E-state index contributed by atoms with van der Waals surface area (Å²) in [5.74, 6) is 0.773. The van der Waals surface area contributed by atoms with Crippen molar-refractivity contribution in [1.29, 1.82) is 0 Å². The fourth-order valence-electron chi connectivity index (χ4n) is 2.17. The van der Waals surface area contributed by atoms with Gasteiger partial charge in [0.25, 0.3) is 0 Å². The monoisotopic (exact) mass is 398 g/mol. The molecule has 0 saturated carbocycles. The van der Waals surface area contributed by atoms with Gasteiger partial charge in [-0.1, -0.05) is 60.3 Å². The first-order valence-electron chi connectivity index (χ1n) is 7.30. The third-order valence-electron chi connectivity index (χ3n) is 3.29. The summed E-state index contributed by atoms with van der Waals surface area (Å²) < 4.78 is 0.948. The van der Waals surface area contributed by atoms with E-state index in [4.69, 9.17) is 5.73 Å². The molecule has 1 aromatic heterocycles. The van der Waals surface area contributed by atoms with Gasteiger partial charge in [0.05, 0.1) is 11.7 Å². The van der Waals surface area contributed by atoms with E-state index in [1.165, 1.54) is 17.3 Å². The Labute approximate surface area is 153 Å². The van der Waals surface area contributed by atoms with Crippen LogP contribution in [0.15, 0.2) is 75.5 Å². The molecule has 4 nitrogen and oxygen atoms in total. The van der Waals surface area contributed by atoms with Gasteiger partial charge in [0.1, 0.15) is 0 Å². The molecule has 0 aliphatic rings. The maximum atomic E-state index is 5.90. The van der Waals surface area contributed by atoms with Gasteiger partial charge in [-0.15, -0.1) is 5.10 Å². The van der Waals surface area contributed by atoms with Crippen LogP contribution >= 0.6 is 27.7 Å². The molecule has 3 aromatic rings. The molecule has 24 heavy (non-hydrogen) atoms. The third-order valence-corrected chi connectivity index (χ3v) is 4.58. The van der Waals surface area contributed by atoms with Crippen molar-refractivity contribution in [1.82, 2.24) is 4.98 Å². The van der Waals surface area contributed by atoms with Crippen LogP contribution in [0, 0.1) is 0 Å². The first kappa shape index (κ1) is 16.7. The molecule has 0 spiro atoms. The Kier molecular flexibility index (Phi) is 5.61. The van der Waals surface area contributed by atoms with Crippen molar-refractivity contribution < 1.29 is 0 Å². The van der Waals surface area contributed by atoms with Gasteiger partial charge >= 0.3 is 0 Å². The second-order valence-corrected chi connectivity index (χ2v) is 6.94. The van der Waals surface area contributed by atoms with Gasteiger partial charge in [-0.05, 0) is 27.6 Å². The van der Waals surface area contributed by atoms with Crippen LogP contribution in [0.2, 0.25) is 0 Å². The van der Waals surface area contributed by atoms with Crippen molar-refractivity contribution >= 4 is 50.0 Å². The van der Waals surface area contributed by atoms with Gasteiger partial charge in [-0.25, -0.2) is 0 Å². The van der Waals surface area contributed by atoms with E-state index in [2.05, 4.69) is 43.2 Å². The number of hydrogen-bond acceptors (Lipinski definition) is 4. The van der Waals surface area contributed by atoms with Gasteiger partial charge < -0.3 is 5.73 Å². The molecule has 0 saturated heterocycles. The van der Waals surface area contributed by atoms with Crippen LogP contribution in [-0.4, -0.2) is 16.4 Å². The zero-order valence-electron chi connectivity index (χ0n) is 12.8. The van der Waals surface area contributed by atoms with Crippen LogP contribution in [0.25, 0.3) is 10.9 Å². The number of halogens is 1. The van der Waals surface area contributed by atoms with Crippen LogP contribution in [0.4, 0.5) is 0 Å². The molecular formula is C18H15BrN4S. The van der Waals surface area contributed by atoms with E-state index in [1.54, 1.807) is 12.4 Å². The summed E-state index contributed by atoms with van der Waals surface area (Å²) in [4.78, 5) is 4.43. The summed E-state index contributed by atoms with van der Waals surface area (Å²) in [6.45, 7) is 0. The number of pyridine rings is 1. The zero-order chi connectivity index (χ0) is 16.8. The molecule has 6 heteroatoms. The third kappa shape index (κ3) is 4.43. The lowest BCUT2D eigenvalue weighted by Gasteiger charge is -2.01. The van der Waals surface area contributed by atoms with Crippen LogP contribution in [-0.2, 0) is 5.75 Å². The molecule has 0 bridgehead atoms. The second-order valence-electron chi connectivity index (χ2n) is 5.03. The minimum absolute atomic E-state index is 0.436. The lowest BCUT2D eigenvalue weighted by Crippen LogP contribution is -2.06. The van der Waals surface area contributed by atoms with E-state index in [-0.39, 0.29) is 0 Å². The van der Waals surface area contributed by atoms with Crippen molar-refractivity contribution in [2.75, 3.05) is 0 Å². The van der Waals surface area contributed by atoms with Crippen molar-refractivity contribution in [3.05, 3.63) is 76.4 Å². The first-order valence-corrected chi connectivity index (χ1v) is 9.08. The predicted molar refractivity (Wildman–Crippen MR) is 106 cm³/mol. The highest BCUT2D eigenvalue weighted by Crippen LogP contribution is 2.19. The van der Waals surface area contributed by atoms with Crippen LogP contribution in [0.5, 0.6) is 0 Å². The zero-order valence-corrected chi connectivity index (χ0v) is 15.2. The quantitative estimate of drug-likeness (QED) is 0.397. The van der Waals surface area contributed by atoms with Crippen molar-refractivity contribution in [3.8, 4) is 0 Å². The van der Waals surface area contributed by atoms with E-state index in [0.29, 0.717) is 5.17 Å². The summed E-state index contributed by atoms with van der Waals surface area (Å²) in [7, 11) is 0. The van der Waals surface area contributed by atoms with Crippen molar-refractivity contribution in [2.24, 2.45) is 15.9 Å². The van der Waals surface area contributed by atoms with E-state index >= 15 is 0 Å². The van der Waals surface area contributed by atoms with E-state index in [9.17, 15) is 0 Å². The number of thioether (sulfide) groups is 1. The van der Waals surface area contributed by atoms with Crippen LogP contribution < -0.4 is 5.73 Å². The van der Waals surface area contributed by atoms with Crippen LogP contribution in [0.3, 0.4) is 0 Å². The average Bonchev–Trinajstić information content (AvgIpc) is 2.61. The van der Waals surface area contributed by atoms with Crippen molar-refractivity contribution in [3.63, 3.8) is 0 Å². The molecule has 3 rings (SSSR count). The standard InChI is InChI=1S/C18H15BrN4S/c19-16-9-14-7-4-8-15(17(14)21-11-16)10-22-23-18(20)24-12-13-5-2-1-3-6-13/h1-11H,12H2,(H2,20,23). The number of para-hydroxylation sites is 1. The minimum atomic E-state index is 0.436. The van der Waals surface area contributed by atoms with Gasteiger partial charge in [0.2, 0.25) is 0 Å². The molecule has 0 atom stereocenters. The summed E-state index contributed by atoms with van der Waals surface area (Å²) in [5, 5.41) is 9.62. The molecule has 1 heterocycles.